The Hall–Kier alpha value is -2.18. The number of fused-ring (bicyclic) bond motifs is 1. The lowest BCUT2D eigenvalue weighted by Gasteiger charge is -2.37. The average molecular weight is 360 g/mol. The van der Waals surface area contributed by atoms with E-state index in [1.54, 1.807) is 28.9 Å². The Morgan fingerprint density at radius 2 is 1.92 bits per heavy atom. The summed E-state index contributed by atoms with van der Waals surface area (Å²) in [7, 11) is 0. The Morgan fingerprint density at radius 3 is 2.64 bits per heavy atom. The predicted molar refractivity (Wildman–Crippen MR) is 97.7 cm³/mol. The van der Waals surface area contributed by atoms with Crippen LogP contribution in [0.25, 0.3) is 16.9 Å². The van der Waals surface area contributed by atoms with Crippen LogP contribution in [0, 0.1) is 5.82 Å². The van der Waals surface area contributed by atoms with Gasteiger partial charge in [0, 0.05) is 30.7 Å². The zero-order valence-electron chi connectivity index (χ0n) is 14.1. The molecule has 0 radical (unpaired) electrons. The quantitative estimate of drug-likeness (QED) is 0.762. The Labute approximate surface area is 150 Å². The van der Waals surface area contributed by atoms with Crippen molar-refractivity contribution in [3.8, 4) is 11.3 Å². The van der Waals surface area contributed by atoms with Crippen molar-refractivity contribution >= 4 is 22.9 Å². The summed E-state index contributed by atoms with van der Waals surface area (Å²) in [5.74, 6) is -0.240. The standard InChI is InChI=1S/C18H19ClFN5/c1-11-9-24(10-12(2)22-11)15-4-3-13(7-14(15)20)16-8-21-18-6-5-17(19)23-25(16)18/h3-8,11-12,22H,9-10H2,1-2H3/t11-,12+. The van der Waals surface area contributed by atoms with Crippen LogP contribution in [-0.2, 0) is 0 Å². The second kappa shape index (κ2) is 6.28. The minimum Gasteiger partial charge on any atom is -0.366 e. The molecule has 25 heavy (non-hydrogen) atoms. The SMILES string of the molecule is C[C@@H]1CN(c2ccc(-c3cnc4ccc(Cl)nn34)cc2F)C[C@H](C)N1. The number of nitrogens with one attached hydrogen (secondary N) is 1. The first kappa shape index (κ1) is 16.3. The molecule has 130 valence electrons. The summed E-state index contributed by atoms with van der Waals surface area (Å²) in [4.78, 5) is 6.39. The highest BCUT2D eigenvalue weighted by Crippen LogP contribution is 2.28. The molecule has 0 amide bonds. The van der Waals surface area contributed by atoms with Crippen LogP contribution in [0.15, 0.2) is 36.5 Å². The van der Waals surface area contributed by atoms with Gasteiger partial charge in [0.15, 0.2) is 5.65 Å². The lowest BCUT2D eigenvalue weighted by molar-refractivity contribution is 0.404. The summed E-state index contributed by atoms with van der Waals surface area (Å²) in [6.07, 6.45) is 1.68. The molecule has 7 heteroatoms. The van der Waals surface area contributed by atoms with Crippen molar-refractivity contribution in [2.45, 2.75) is 25.9 Å². The third kappa shape index (κ3) is 3.07. The lowest BCUT2D eigenvalue weighted by atomic mass is 10.1. The maximum absolute atomic E-state index is 14.8. The smallest absolute Gasteiger partial charge is 0.154 e. The summed E-state index contributed by atoms with van der Waals surface area (Å²) < 4.78 is 16.5. The molecule has 1 saturated heterocycles. The second-order valence-corrected chi connectivity index (χ2v) is 7.00. The Morgan fingerprint density at radius 1 is 1.16 bits per heavy atom. The summed E-state index contributed by atoms with van der Waals surface area (Å²) >= 11 is 5.97. The zero-order chi connectivity index (χ0) is 17.6. The fourth-order valence-electron chi connectivity index (χ4n) is 3.49. The van der Waals surface area contributed by atoms with E-state index in [1.807, 2.05) is 12.1 Å². The van der Waals surface area contributed by atoms with E-state index in [9.17, 15) is 4.39 Å². The number of hydrogen-bond donors (Lipinski definition) is 1. The third-order valence-corrected chi connectivity index (χ3v) is 4.67. The van der Waals surface area contributed by atoms with Gasteiger partial charge < -0.3 is 10.2 Å². The van der Waals surface area contributed by atoms with Crippen LogP contribution in [0.3, 0.4) is 0 Å². The number of aromatic nitrogens is 3. The molecule has 0 aliphatic carbocycles. The van der Waals surface area contributed by atoms with Gasteiger partial charge >= 0.3 is 0 Å². The fraction of sp³-hybridized carbons (Fsp3) is 0.333. The molecule has 2 aromatic heterocycles. The molecule has 3 aromatic rings. The average Bonchev–Trinajstić information content (AvgIpc) is 2.96. The third-order valence-electron chi connectivity index (χ3n) is 4.47. The van der Waals surface area contributed by atoms with E-state index in [0.717, 1.165) is 18.7 Å². The van der Waals surface area contributed by atoms with Crippen LogP contribution in [-0.4, -0.2) is 39.8 Å². The van der Waals surface area contributed by atoms with Gasteiger partial charge in [-0.3, -0.25) is 0 Å². The van der Waals surface area contributed by atoms with E-state index < -0.39 is 0 Å². The summed E-state index contributed by atoms with van der Waals surface area (Å²) in [6.45, 7) is 5.80. The van der Waals surface area contributed by atoms with Gasteiger partial charge in [0.1, 0.15) is 11.0 Å². The molecule has 0 spiro atoms. The molecule has 0 unspecified atom stereocenters. The van der Waals surface area contributed by atoms with Gasteiger partial charge in [-0.1, -0.05) is 17.7 Å². The van der Waals surface area contributed by atoms with Gasteiger partial charge in [-0.25, -0.2) is 13.9 Å². The van der Waals surface area contributed by atoms with Crippen LogP contribution >= 0.6 is 11.6 Å². The van der Waals surface area contributed by atoms with Crippen molar-refractivity contribution in [1.29, 1.82) is 0 Å². The van der Waals surface area contributed by atoms with Crippen LogP contribution in [0.2, 0.25) is 5.15 Å². The molecule has 2 atom stereocenters. The molecule has 1 aliphatic rings. The summed E-state index contributed by atoms with van der Waals surface area (Å²) in [5, 5.41) is 8.08. The van der Waals surface area contributed by atoms with Crippen molar-refractivity contribution < 1.29 is 4.39 Å². The van der Waals surface area contributed by atoms with Crippen LogP contribution < -0.4 is 10.2 Å². The summed E-state index contributed by atoms with van der Waals surface area (Å²) in [6, 6.07) is 9.40. The Bertz CT molecular complexity index is 915. The van der Waals surface area contributed by atoms with Gasteiger partial charge in [0.25, 0.3) is 0 Å². The molecule has 5 nitrogen and oxygen atoms in total. The van der Waals surface area contributed by atoms with Crippen LogP contribution in [0.1, 0.15) is 13.8 Å². The highest BCUT2D eigenvalue weighted by Gasteiger charge is 2.23. The monoisotopic (exact) mass is 359 g/mol. The van der Waals surface area contributed by atoms with E-state index in [2.05, 4.69) is 34.1 Å². The van der Waals surface area contributed by atoms with Crippen molar-refractivity contribution in [2.24, 2.45) is 0 Å². The normalized spacial score (nSPS) is 21.0. The first-order chi connectivity index (χ1) is 12.0. The number of nitrogens with zero attached hydrogens (tertiary/aromatic N) is 4. The molecular weight excluding hydrogens is 341 g/mol. The minimum atomic E-state index is -0.240. The van der Waals surface area contributed by atoms with Gasteiger partial charge in [-0.15, -0.1) is 0 Å². The molecule has 0 bridgehead atoms. The van der Waals surface area contributed by atoms with Crippen molar-refractivity contribution in [3.63, 3.8) is 0 Å². The molecule has 0 saturated carbocycles. The number of piperazine rings is 1. The topological polar surface area (TPSA) is 45.5 Å². The largest absolute Gasteiger partial charge is 0.366 e. The van der Waals surface area contributed by atoms with E-state index in [1.165, 1.54) is 0 Å². The van der Waals surface area contributed by atoms with Crippen molar-refractivity contribution in [1.82, 2.24) is 19.9 Å². The Balaban J connectivity index is 1.71. The van der Waals surface area contributed by atoms with Crippen LogP contribution in [0.4, 0.5) is 10.1 Å². The molecule has 1 N–H and O–H groups in total. The van der Waals surface area contributed by atoms with Crippen LogP contribution in [0.5, 0.6) is 0 Å². The predicted octanol–water partition coefficient (Wildman–Crippen LogP) is 3.38. The second-order valence-electron chi connectivity index (χ2n) is 6.61. The number of imidazole rings is 1. The number of benzene rings is 1. The molecule has 1 fully saturated rings. The van der Waals surface area contributed by atoms with Gasteiger partial charge in [0.05, 0.1) is 17.6 Å². The van der Waals surface area contributed by atoms with E-state index in [4.69, 9.17) is 11.6 Å². The lowest BCUT2D eigenvalue weighted by Crippen LogP contribution is -2.54. The summed E-state index contributed by atoms with van der Waals surface area (Å²) in [5.41, 5.74) is 2.74. The highest BCUT2D eigenvalue weighted by molar-refractivity contribution is 6.29. The van der Waals surface area contributed by atoms with E-state index in [0.29, 0.717) is 34.3 Å². The number of hydrogen-bond acceptors (Lipinski definition) is 4. The molecule has 3 heterocycles. The highest BCUT2D eigenvalue weighted by atomic mass is 35.5. The minimum absolute atomic E-state index is 0.240. The number of rotatable bonds is 2. The van der Waals surface area contributed by atoms with E-state index >= 15 is 0 Å². The van der Waals surface area contributed by atoms with Gasteiger partial charge in [-0.05, 0) is 38.1 Å². The van der Waals surface area contributed by atoms with Crippen molar-refractivity contribution in [3.05, 3.63) is 47.5 Å². The van der Waals surface area contributed by atoms with Crippen molar-refractivity contribution in [2.75, 3.05) is 18.0 Å². The molecular formula is C18H19ClFN5. The molecule has 1 aliphatic heterocycles. The number of halogens is 2. The molecule has 1 aromatic carbocycles. The molecule has 4 rings (SSSR count). The zero-order valence-corrected chi connectivity index (χ0v) is 14.8. The number of anilines is 1. The first-order valence-electron chi connectivity index (χ1n) is 8.32. The Kier molecular flexibility index (Phi) is 4.09. The van der Waals surface area contributed by atoms with Gasteiger partial charge in [-0.2, -0.15) is 5.10 Å². The maximum atomic E-state index is 14.8. The fourth-order valence-corrected chi connectivity index (χ4v) is 3.63. The first-order valence-corrected chi connectivity index (χ1v) is 8.70. The van der Waals surface area contributed by atoms with Gasteiger partial charge in [0.2, 0.25) is 0 Å². The van der Waals surface area contributed by atoms with E-state index in [-0.39, 0.29) is 5.82 Å². The maximum Gasteiger partial charge on any atom is 0.154 e.